The fraction of sp³-hybridized carbons (Fsp3) is 0.100. The normalized spacial score (nSPS) is 11.5. The number of thiophene rings is 1. The van der Waals surface area contributed by atoms with Crippen LogP contribution in [0.4, 0.5) is 5.82 Å². The lowest BCUT2D eigenvalue weighted by Gasteiger charge is -2.09. The highest BCUT2D eigenvalue weighted by Gasteiger charge is 2.18. The molecule has 2 heterocycles. The molecule has 0 aliphatic rings. The molecule has 9 heteroatoms. The van der Waals surface area contributed by atoms with Gasteiger partial charge in [0.05, 0.1) is 0 Å². The fourth-order valence-corrected chi connectivity index (χ4v) is 4.01. The molecule has 0 atom stereocenters. The van der Waals surface area contributed by atoms with Gasteiger partial charge < -0.3 is 5.43 Å². The zero-order chi connectivity index (χ0) is 13.9. The van der Waals surface area contributed by atoms with E-state index in [2.05, 4.69) is 31.1 Å². The number of halogens is 1. The third-order valence-electron chi connectivity index (χ3n) is 2.26. The summed E-state index contributed by atoms with van der Waals surface area (Å²) in [5.74, 6) is 5.36. The van der Waals surface area contributed by atoms with Gasteiger partial charge in [-0.3, -0.25) is 0 Å². The third kappa shape index (κ3) is 3.51. The Bertz CT molecular complexity index is 672. The molecule has 0 radical (unpaired) electrons. The van der Waals surface area contributed by atoms with E-state index in [4.69, 9.17) is 5.84 Å². The monoisotopic (exact) mass is 362 g/mol. The number of hydrazine groups is 1. The Morgan fingerprint density at radius 1 is 1.47 bits per heavy atom. The third-order valence-corrected chi connectivity index (χ3v) is 5.39. The topological polar surface area (TPSA) is 97.1 Å². The van der Waals surface area contributed by atoms with Crippen LogP contribution in [0.3, 0.4) is 0 Å². The zero-order valence-corrected chi connectivity index (χ0v) is 12.8. The molecule has 2 aromatic heterocycles. The molecule has 2 rings (SSSR count). The van der Waals surface area contributed by atoms with Gasteiger partial charge in [0.15, 0.2) is 5.82 Å². The van der Waals surface area contributed by atoms with Crippen LogP contribution in [0.25, 0.3) is 0 Å². The van der Waals surface area contributed by atoms with E-state index in [1.165, 1.54) is 29.7 Å². The fourth-order valence-electron chi connectivity index (χ4n) is 1.41. The van der Waals surface area contributed by atoms with Gasteiger partial charge in [-0.1, -0.05) is 0 Å². The summed E-state index contributed by atoms with van der Waals surface area (Å²) >= 11 is 4.78. The van der Waals surface area contributed by atoms with E-state index in [0.29, 0.717) is 0 Å². The van der Waals surface area contributed by atoms with Gasteiger partial charge in [-0.25, -0.2) is 24.0 Å². The molecule has 0 aliphatic heterocycles. The molecular formula is C10H11BrN4O2S2. The minimum absolute atomic E-state index is 0.0214. The Morgan fingerprint density at radius 3 is 2.89 bits per heavy atom. The molecule has 0 aliphatic carbocycles. The van der Waals surface area contributed by atoms with Gasteiger partial charge in [-0.2, -0.15) is 0 Å². The molecule has 0 fully saturated rings. The van der Waals surface area contributed by atoms with Crippen molar-refractivity contribution in [2.24, 2.45) is 5.84 Å². The van der Waals surface area contributed by atoms with Crippen molar-refractivity contribution in [1.29, 1.82) is 0 Å². The predicted molar refractivity (Wildman–Crippen MR) is 78.1 cm³/mol. The van der Waals surface area contributed by atoms with Crippen molar-refractivity contribution in [3.8, 4) is 0 Å². The maximum atomic E-state index is 12.1. The van der Waals surface area contributed by atoms with Crippen LogP contribution < -0.4 is 16.0 Å². The van der Waals surface area contributed by atoms with Gasteiger partial charge in [0.25, 0.3) is 0 Å². The van der Waals surface area contributed by atoms with E-state index in [1.807, 2.05) is 11.4 Å². The van der Waals surface area contributed by atoms with E-state index < -0.39 is 10.0 Å². The number of nitrogen functional groups attached to an aromatic ring is 1. The minimum Gasteiger partial charge on any atom is -0.307 e. The smallest absolute Gasteiger partial charge is 0.244 e. The first-order valence-electron chi connectivity index (χ1n) is 5.17. The number of rotatable bonds is 5. The van der Waals surface area contributed by atoms with E-state index in [1.54, 1.807) is 0 Å². The van der Waals surface area contributed by atoms with Crippen LogP contribution in [0, 0.1) is 0 Å². The standard InChI is InChI=1S/C10H11BrN4O2S2/c11-7-4-8(18-6-7)5-14-19(16,17)9-2-1-3-13-10(9)15-12/h1-4,6,14H,5,12H2,(H,13,15). The maximum Gasteiger partial charge on any atom is 0.244 e. The molecular weight excluding hydrogens is 352 g/mol. The predicted octanol–water partition coefficient (Wildman–Crippen LogP) is 1.67. The van der Waals surface area contributed by atoms with Crippen molar-refractivity contribution in [3.05, 3.63) is 39.1 Å². The van der Waals surface area contributed by atoms with Crippen LogP contribution in [0.5, 0.6) is 0 Å². The van der Waals surface area contributed by atoms with E-state index in [0.717, 1.165) is 9.35 Å². The average molecular weight is 363 g/mol. The lowest BCUT2D eigenvalue weighted by Crippen LogP contribution is -2.25. The first-order valence-corrected chi connectivity index (χ1v) is 8.33. The van der Waals surface area contributed by atoms with Crippen LogP contribution in [0.2, 0.25) is 0 Å². The second-order valence-electron chi connectivity index (χ2n) is 3.55. The summed E-state index contributed by atoms with van der Waals surface area (Å²) in [4.78, 5) is 4.79. The Hall–Kier alpha value is -1.000. The molecule has 0 spiro atoms. The summed E-state index contributed by atoms with van der Waals surface area (Å²) in [6, 6.07) is 4.84. The highest BCUT2D eigenvalue weighted by Crippen LogP contribution is 2.21. The Kier molecular flexibility index (Phi) is 4.53. The molecule has 0 unspecified atom stereocenters. The maximum absolute atomic E-state index is 12.1. The summed E-state index contributed by atoms with van der Waals surface area (Å²) < 4.78 is 27.7. The number of nitrogens with two attached hydrogens (primary N) is 1. The first kappa shape index (κ1) is 14.4. The van der Waals surface area contributed by atoms with Gasteiger partial charge in [-0.05, 0) is 34.1 Å². The summed E-state index contributed by atoms with van der Waals surface area (Å²) in [6.07, 6.45) is 1.46. The quantitative estimate of drug-likeness (QED) is 0.555. The Balaban J connectivity index is 2.18. The van der Waals surface area contributed by atoms with Crippen molar-refractivity contribution in [1.82, 2.24) is 9.71 Å². The lowest BCUT2D eigenvalue weighted by atomic mass is 10.5. The molecule has 0 bridgehead atoms. The summed E-state index contributed by atoms with van der Waals surface area (Å²) in [6.45, 7) is 0.220. The SMILES string of the molecule is NNc1ncccc1S(=O)(=O)NCc1cc(Br)cs1. The Morgan fingerprint density at radius 2 is 2.26 bits per heavy atom. The van der Waals surface area contributed by atoms with Gasteiger partial charge in [0.2, 0.25) is 10.0 Å². The number of nitrogens with one attached hydrogen (secondary N) is 2. The average Bonchev–Trinajstić information content (AvgIpc) is 2.82. The molecule has 0 saturated carbocycles. The van der Waals surface area contributed by atoms with Crippen molar-refractivity contribution in [2.45, 2.75) is 11.4 Å². The van der Waals surface area contributed by atoms with Gasteiger partial charge in [-0.15, -0.1) is 11.3 Å². The number of sulfonamides is 1. The first-order chi connectivity index (χ1) is 9.03. The highest BCUT2D eigenvalue weighted by molar-refractivity contribution is 9.10. The van der Waals surface area contributed by atoms with Crippen LogP contribution in [0.1, 0.15) is 4.88 Å². The zero-order valence-electron chi connectivity index (χ0n) is 9.63. The number of hydrogen-bond donors (Lipinski definition) is 3. The lowest BCUT2D eigenvalue weighted by molar-refractivity contribution is 0.581. The summed E-state index contributed by atoms with van der Waals surface area (Å²) in [7, 11) is -3.66. The second kappa shape index (κ2) is 5.97. The van der Waals surface area contributed by atoms with Crippen LogP contribution >= 0.6 is 27.3 Å². The van der Waals surface area contributed by atoms with Crippen LogP contribution in [0.15, 0.2) is 39.1 Å². The number of anilines is 1. The van der Waals surface area contributed by atoms with Crippen molar-refractivity contribution < 1.29 is 8.42 Å². The molecule has 2 aromatic rings. The molecule has 0 aromatic carbocycles. The number of hydrogen-bond acceptors (Lipinski definition) is 6. The number of nitrogens with zero attached hydrogens (tertiary/aromatic N) is 1. The molecule has 19 heavy (non-hydrogen) atoms. The van der Waals surface area contributed by atoms with Gasteiger partial charge >= 0.3 is 0 Å². The van der Waals surface area contributed by atoms with Crippen LogP contribution in [-0.4, -0.2) is 13.4 Å². The summed E-state index contributed by atoms with van der Waals surface area (Å²) in [5.41, 5.74) is 2.27. The second-order valence-corrected chi connectivity index (χ2v) is 7.20. The molecule has 4 N–H and O–H groups in total. The largest absolute Gasteiger partial charge is 0.307 e. The molecule has 0 saturated heterocycles. The minimum atomic E-state index is -3.66. The van der Waals surface area contributed by atoms with E-state index >= 15 is 0 Å². The molecule has 6 nitrogen and oxygen atoms in total. The van der Waals surface area contributed by atoms with Crippen molar-refractivity contribution in [3.63, 3.8) is 0 Å². The highest BCUT2D eigenvalue weighted by atomic mass is 79.9. The molecule has 102 valence electrons. The van der Waals surface area contributed by atoms with Crippen molar-refractivity contribution in [2.75, 3.05) is 5.43 Å². The van der Waals surface area contributed by atoms with Crippen LogP contribution in [-0.2, 0) is 16.6 Å². The van der Waals surface area contributed by atoms with Crippen molar-refractivity contribution >= 4 is 43.1 Å². The van der Waals surface area contributed by atoms with Gasteiger partial charge in [0, 0.05) is 27.5 Å². The Labute approximate surface area is 123 Å². The van der Waals surface area contributed by atoms with Gasteiger partial charge in [0.1, 0.15) is 4.90 Å². The van der Waals surface area contributed by atoms with E-state index in [-0.39, 0.29) is 17.3 Å². The number of aromatic nitrogens is 1. The number of pyridine rings is 1. The molecule has 0 amide bonds. The summed E-state index contributed by atoms with van der Waals surface area (Å²) in [5, 5.41) is 1.89. The van der Waals surface area contributed by atoms with E-state index in [9.17, 15) is 8.42 Å².